The van der Waals surface area contributed by atoms with Gasteiger partial charge in [-0.2, -0.15) is 0 Å². The highest BCUT2D eigenvalue weighted by atomic mass is 14.1. The molecule has 97 valence electrons. The summed E-state index contributed by atoms with van der Waals surface area (Å²) in [6.45, 7) is 4.21. The molecule has 0 aliphatic heterocycles. The summed E-state index contributed by atoms with van der Waals surface area (Å²) in [6, 6.07) is 27.0. The number of aryl methyl sites for hydroxylation is 2. The molecule has 0 atom stereocenters. The van der Waals surface area contributed by atoms with Gasteiger partial charge in [0.25, 0.3) is 0 Å². The predicted octanol–water partition coefficient (Wildman–Crippen LogP) is 5.44. The van der Waals surface area contributed by atoms with Crippen molar-refractivity contribution in [3.8, 4) is 22.3 Å². The Bertz CT molecular complexity index is 643. The molecule has 0 saturated heterocycles. The molecule has 1 radical (unpaired) electrons. The summed E-state index contributed by atoms with van der Waals surface area (Å²) >= 11 is 0. The Labute approximate surface area is 120 Å². The van der Waals surface area contributed by atoms with Crippen LogP contribution in [0, 0.1) is 19.9 Å². The standard InChI is InChI=1S/C20H17/c1-15-6-10-17(11-7-15)19-4-3-5-20(14-19)18-12-8-16(2)9-13-18/h3-13H,1-2H3. The summed E-state index contributed by atoms with van der Waals surface area (Å²) in [5.41, 5.74) is 7.27. The highest BCUT2D eigenvalue weighted by Gasteiger charge is 2.02. The van der Waals surface area contributed by atoms with E-state index in [1.807, 2.05) is 0 Å². The van der Waals surface area contributed by atoms with Gasteiger partial charge in [-0.25, -0.2) is 0 Å². The zero-order chi connectivity index (χ0) is 13.9. The van der Waals surface area contributed by atoms with Crippen molar-refractivity contribution in [3.63, 3.8) is 0 Å². The van der Waals surface area contributed by atoms with E-state index < -0.39 is 0 Å². The number of benzene rings is 3. The molecule has 3 aromatic carbocycles. The van der Waals surface area contributed by atoms with Crippen LogP contribution in [0.15, 0.2) is 66.7 Å². The molecule has 0 heteroatoms. The predicted molar refractivity (Wildman–Crippen MR) is 85.6 cm³/mol. The summed E-state index contributed by atoms with van der Waals surface area (Å²) in [7, 11) is 0. The Morgan fingerprint density at radius 2 is 0.950 bits per heavy atom. The van der Waals surface area contributed by atoms with Crippen molar-refractivity contribution in [2.75, 3.05) is 0 Å². The molecule has 0 spiro atoms. The largest absolute Gasteiger partial charge is 0.0610 e. The van der Waals surface area contributed by atoms with Gasteiger partial charge in [0.2, 0.25) is 0 Å². The van der Waals surface area contributed by atoms with Gasteiger partial charge in [-0.05, 0) is 42.2 Å². The lowest BCUT2D eigenvalue weighted by Crippen LogP contribution is -1.83. The monoisotopic (exact) mass is 257 g/mol. The van der Waals surface area contributed by atoms with Crippen molar-refractivity contribution in [1.82, 2.24) is 0 Å². The van der Waals surface area contributed by atoms with Crippen LogP contribution in [0.1, 0.15) is 11.1 Å². The van der Waals surface area contributed by atoms with Crippen LogP contribution >= 0.6 is 0 Å². The second-order valence-corrected chi connectivity index (χ2v) is 5.21. The van der Waals surface area contributed by atoms with Gasteiger partial charge >= 0.3 is 0 Å². The SMILES string of the molecule is Cc1ccc(-c2[c]c(-c3ccc(C)cc3)ccc2)cc1. The van der Waals surface area contributed by atoms with Crippen LogP contribution in [0.4, 0.5) is 0 Å². The Balaban J connectivity index is 2.01. The van der Waals surface area contributed by atoms with Crippen molar-refractivity contribution in [1.29, 1.82) is 0 Å². The van der Waals surface area contributed by atoms with E-state index in [-0.39, 0.29) is 0 Å². The third kappa shape index (κ3) is 2.65. The highest BCUT2D eigenvalue weighted by Crippen LogP contribution is 2.26. The molecule has 20 heavy (non-hydrogen) atoms. The lowest BCUT2D eigenvalue weighted by Gasteiger charge is -2.06. The molecule has 0 nitrogen and oxygen atoms in total. The first kappa shape index (κ1) is 12.7. The maximum absolute atomic E-state index is 3.52. The van der Waals surface area contributed by atoms with Gasteiger partial charge in [0.15, 0.2) is 0 Å². The topological polar surface area (TPSA) is 0 Å². The third-order valence-electron chi connectivity index (χ3n) is 3.52. The molecule has 0 aliphatic carbocycles. The normalized spacial score (nSPS) is 10.5. The zero-order valence-electron chi connectivity index (χ0n) is 11.9. The molecule has 3 aromatic rings. The van der Waals surface area contributed by atoms with Gasteiger partial charge in [-0.3, -0.25) is 0 Å². The van der Waals surface area contributed by atoms with Crippen LogP contribution in [0.3, 0.4) is 0 Å². The fourth-order valence-corrected chi connectivity index (χ4v) is 2.27. The van der Waals surface area contributed by atoms with E-state index in [0.29, 0.717) is 0 Å². The highest BCUT2D eigenvalue weighted by molar-refractivity contribution is 5.72. The first-order chi connectivity index (χ1) is 9.72. The molecular weight excluding hydrogens is 240 g/mol. The van der Waals surface area contributed by atoms with Gasteiger partial charge < -0.3 is 0 Å². The Hall–Kier alpha value is -2.34. The van der Waals surface area contributed by atoms with E-state index in [9.17, 15) is 0 Å². The Kier molecular flexibility index (Phi) is 3.39. The summed E-state index contributed by atoms with van der Waals surface area (Å²) in [5.74, 6) is 0. The van der Waals surface area contributed by atoms with E-state index in [0.717, 1.165) is 11.1 Å². The molecule has 0 aliphatic rings. The quantitative estimate of drug-likeness (QED) is 0.573. The van der Waals surface area contributed by atoms with Crippen molar-refractivity contribution in [2.45, 2.75) is 13.8 Å². The van der Waals surface area contributed by atoms with E-state index >= 15 is 0 Å². The molecule has 0 heterocycles. The van der Waals surface area contributed by atoms with Crippen molar-refractivity contribution < 1.29 is 0 Å². The van der Waals surface area contributed by atoms with Crippen LogP contribution in [0.2, 0.25) is 0 Å². The van der Waals surface area contributed by atoms with Crippen molar-refractivity contribution in [2.24, 2.45) is 0 Å². The Morgan fingerprint density at radius 3 is 1.35 bits per heavy atom. The molecule has 0 saturated carbocycles. The molecular formula is C20H17. The minimum Gasteiger partial charge on any atom is -0.0610 e. The fraction of sp³-hybridized carbons (Fsp3) is 0.100. The molecule has 0 aromatic heterocycles. The lowest BCUT2D eigenvalue weighted by molar-refractivity contribution is 1.46. The molecule has 0 amide bonds. The van der Waals surface area contributed by atoms with Crippen molar-refractivity contribution >= 4 is 0 Å². The van der Waals surface area contributed by atoms with Crippen LogP contribution in [0.5, 0.6) is 0 Å². The average molecular weight is 257 g/mol. The number of rotatable bonds is 2. The van der Waals surface area contributed by atoms with Gasteiger partial charge in [0, 0.05) is 0 Å². The minimum atomic E-state index is 1.14. The maximum Gasteiger partial charge on any atom is -0.00143 e. The fourth-order valence-electron chi connectivity index (χ4n) is 2.27. The van der Waals surface area contributed by atoms with Crippen LogP contribution in [-0.4, -0.2) is 0 Å². The third-order valence-corrected chi connectivity index (χ3v) is 3.52. The first-order valence-corrected chi connectivity index (χ1v) is 6.89. The Morgan fingerprint density at radius 1 is 0.550 bits per heavy atom. The molecule has 0 unspecified atom stereocenters. The summed E-state index contributed by atoms with van der Waals surface area (Å²) in [4.78, 5) is 0. The van der Waals surface area contributed by atoms with Gasteiger partial charge in [0.1, 0.15) is 0 Å². The molecule has 0 N–H and O–H groups in total. The van der Waals surface area contributed by atoms with Gasteiger partial charge in [0.05, 0.1) is 0 Å². The summed E-state index contributed by atoms with van der Waals surface area (Å²) in [6.07, 6.45) is 0. The number of hydrogen-bond donors (Lipinski definition) is 0. The molecule has 0 fully saturated rings. The van der Waals surface area contributed by atoms with Gasteiger partial charge in [-0.1, -0.05) is 77.9 Å². The van der Waals surface area contributed by atoms with Crippen LogP contribution < -0.4 is 0 Å². The lowest BCUT2D eigenvalue weighted by atomic mass is 9.98. The smallest absolute Gasteiger partial charge is 0.00143 e. The minimum absolute atomic E-state index is 1.14. The van der Waals surface area contributed by atoms with Crippen LogP contribution in [0.25, 0.3) is 22.3 Å². The second kappa shape index (κ2) is 5.34. The van der Waals surface area contributed by atoms with Crippen LogP contribution in [-0.2, 0) is 0 Å². The summed E-state index contributed by atoms with van der Waals surface area (Å²) < 4.78 is 0. The first-order valence-electron chi connectivity index (χ1n) is 6.89. The van der Waals surface area contributed by atoms with E-state index in [4.69, 9.17) is 0 Å². The summed E-state index contributed by atoms with van der Waals surface area (Å²) in [5, 5.41) is 0. The maximum atomic E-state index is 3.52. The zero-order valence-corrected chi connectivity index (χ0v) is 11.9. The van der Waals surface area contributed by atoms with E-state index in [1.54, 1.807) is 0 Å². The number of hydrogen-bond acceptors (Lipinski definition) is 0. The van der Waals surface area contributed by atoms with Crippen molar-refractivity contribution in [3.05, 3.63) is 83.9 Å². The molecule has 0 bridgehead atoms. The van der Waals surface area contributed by atoms with E-state index in [1.165, 1.54) is 22.3 Å². The van der Waals surface area contributed by atoms with E-state index in [2.05, 4.69) is 86.6 Å². The average Bonchev–Trinajstić information content (AvgIpc) is 2.49. The second-order valence-electron chi connectivity index (χ2n) is 5.21. The van der Waals surface area contributed by atoms with Gasteiger partial charge in [-0.15, -0.1) is 0 Å². The molecule has 3 rings (SSSR count).